The molecule has 10 heteroatoms. The van der Waals surface area contributed by atoms with Crippen LogP contribution in [-0.2, 0) is 39.8 Å². The van der Waals surface area contributed by atoms with Crippen LogP contribution in [0, 0.1) is 23.5 Å². The van der Waals surface area contributed by atoms with Crippen molar-refractivity contribution in [2.75, 3.05) is 21.3 Å². The SMILES string of the molecule is COC(=O)C(C(=O)OC)[C@@H](C)[C@H](NC(=O)Cc1ccc(F)cc1F)C(=O)OC. The molecule has 0 aromatic heterocycles. The van der Waals surface area contributed by atoms with Crippen molar-refractivity contribution in [3.8, 4) is 0 Å². The Morgan fingerprint density at radius 3 is 1.96 bits per heavy atom. The minimum atomic E-state index is -1.51. The van der Waals surface area contributed by atoms with Crippen molar-refractivity contribution in [3.63, 3.8) is 0 Å². The monoisotopic (exact) mass is 401 g/mol. The van der Waals surface area contributed by atoms with Crippen LogP contribution >= 0.6 is 0 Å². The van der Waals surface area contributed by atoms with Crippen molar-refractivity contribution in [1.82, 2.24) is 5.32 Å². The molecule has 1 N–H and O–H groups in total. The summed E-state index contributed by atoms with van der Waals surface area (Å²) in [5.74, 6) is -8.02. The number of nitrogens with one attached hydrogen (secondary N) is 1. The maximum absolute atomic E-state index is 13.7. The average Bonchev–Trinajstić information content (AvgIpc) is 2.67. The molecular weight excluding hydrogens is 380 g/mol. The third-order valence-corrected chi connectivity index (χ3v) is 4.10. The highest BCUT2D eigenvalue weighted by Gasteiger charge is 2.42. The lowest BCUT2D eigenvalue weighted by Crippen LogP contribution is -2.51. The molecule has 28 heavy (non-hydrogen) atoms. The molecule has 1 rings (SSSR count). The van der Waals surface area contributed by atoms with E-state index in [1.165, 1.54) is 6.92 Å². The van der Waals surface area contributed by atoms with Crippen molar-refractivity contribution in [2.24, 2.45) is 11.8 Å². The molecular formula is C18H21F2NO7. The number of methoxy groups -OCH3 is 3. The summed E-state index contributed by atoms with van der Waals surface area (Å²) in [6.45, 7) is 1.35. The Hall–Kier alpha value is -3.04. The van der Waals surface area contributed by atoms with E-state index in [1.807, 2.05) is 0 Å². The van der Waals surface area contributed by atoms with Crippen molar-refractivity contribution in [2.45, 2.75) is 19.4 Å². The van der Waals surface area contributed by atoms with Gasteiger partial charge < -0.3 is 19.5 Å². The van der Waals surface area contributed by atoms with Gasteiger partial charge in [0.1, 0.15) is 17.7 Å². The van der Waals surface area contributed by atoms with Gasteiger partial charge in [0, 0.05) is 12.0 Å². The molecule has 1 aromatic carbocycles. The third kappa shape index (κ3) is 5.73. The normalized spacial score (nSPS) is 12.7. The lowest BCUT2D eigenvalue weighted by atomic mass is 9.87. The molecule has 0 heterocycles. The number of hydrogen-bond donors (Lipinski definition) is 1. The first kappa shape index (κ1) is 23.0. The lowest BCUT2D eigenvalue weighted by molar-refractivity contribution is -0.163. The van der Waals surface area contributed by atoms with E-state index in [0.717, 1.165) is 33.5 Å². The zero-order valence-electron chi connectivity index (χ0n) is 15.8. The molecule has 0 unspecified atom stereocenters. The minimum absolute atomic E-state index is 0.104. The van der Waals surface area contributed by atoms with Gasteiger partial charge in [0.25, 0.3) is 0 Å². The van der Waals surface area contributed by atoms with Crippen LogP contribution < -0.4 is 5.32 Å². The minimum Gasteiger partial charge on any atom is -0.468 e. The molecule has 0 aliphatic heterocycles. The Kier molecular flexibility index (Phi) is 8.49. The van der Waals surface area contributed by atoms with Gasteiger partial charge in [-0.25, -0.2) is 13.6 Å². The highest BCUT2D eigenvalue weighted by Crippen LogP contribution is 2.21. The number of esters is 3. The van der Waals surface area contributed by atoms with E-state index in [9.17, 15) is 28.0 Å². The van der Waals surface area contributed by atoms with Gasteiger partial charge in [-0.3, -0.25) is 14.4 Å². The predicted molar refractivity (Wildman–Crippen MR) is 90.7 cm³/mol. The number of halogens is 2. The summed E-state index contributed by atoms with van der Waals surface area (Å²) in [4.78, 5) is 48.3. The molecule has 1 aromatic rings. The first-order chi connectivity index (χ1) is 13.2. The molecule has 0 saturated heterocycles. The molecule has 154 valence electrons. The number of carbonyl (C=O) groups excluding carboxylic acids is 4. The summed E-state index contributed by atoms with van der Waals surface area (Å²) in [7, 11) is 3.15. The molecule has 0 saturated carbocycles. The topological polar surface area (TPSA) is 108 Å². The fourth-order valence-electron chi connectivity index (χ4n) is 2.57. The molecule has 0 radical (unpaired) electrons. The Morgan fingerprint density at radius 2 is 1.50 bits per heavy atom. The van der Waals surface area contributed by atoms with Crippen LogP contribution in [0.1, 0.15) is 12.5 Å². The molecule has 1 amide bonds. The van der Waals surface area contributed by atoms with Crippen LogP contribution in [0.2, 0.25) is 0 Å². The smallest absolute Gasteiger partial charge is 0.328 e. The predicted octanol–water partition coefficient (Wildman–Crippen LogP) is 0.763. The Bertz CT molecular complexity index is 737. The second kappa shape index (κ2) is 10.3. The average molecular weight is 401 g/mol. The molecule has 0 aliphatic rings. The van der Waals surface area contributed by atoms with E-state index in [2.05, 4.69) is 19.5 Å². The van der Waals surface area contributed by atoms with E-state index < -0.39 is 59.7 Å². The standard InChI is InChI=1S/C18H21F2NO7/c1-9(14(16(23)26-2)17(24)27-3)15(18(25)28-4)21-13(22)7-10-5-6-11(19)8-12(10)20/h5-6,8-9,14-15H,7H2,1-4H3,(H,21,22)/t9-,15+/m1/s1. The largest absolute Gasteiger partial charge is 0.468 e. The lowest BCUT2D eigenvalue weighted by Gasteiger charge is -2.27. The van der Waals surface area contributed by atoms with Crippen LogP contribution in [0.3, 0.4) is 0 Å². The fraction of sp³-hybridized carbons (Fsp3) is 0.444. The van der Waals surface area contributed by atoms with Gasteiger partial charge in [0.15, 0.2) is 5.92 Å². The summed E-state index contributed by atoms with van der Waals surface area (Å²) < 4.78 is 40.4. The van der Waals surface area contributed by atoms with Crippen molar-refractivity contribution < 1.29 is 42.2 Å². The van der Waals surface area contributed by atoms with Crippen molar-refractivity contribution in [3.05, 3.63) is 35.4 Å². The number of amides is 1. The first-order valence-corrected chi connectivity index (χ1v) is 8.13. The van der Waals surface area contributed by atoms with Crippen LogP contribution in [0.25, 0.3) is 0 Å². The summed E-state index contributed by atoms with van der Waals surface area (Å²) in [6, 6.07) is 1.26. The summed E-state index contributed by atoms with van der Waals surface area (Å²) >= 11 is 0. The zero-order valence-corrected chi connectivity index (χ0v) is 15.8. The maximum Gasteiger partial charge on any atom is 0.328 e. The van der Waals surface area contributed by atoms with Crippen LogP contribution in [0.4, 0.5) is 8.78 Å². The quantitative estimate of drug-likeness (QED) is 0.389. The van der Waals surface area contributed by atoms with E-state index in [0.29, 0.717) is 6.07 Å². The van der Waals surface area contributed by atoms with Crippen molar-refractivity contribution in [1.29, 1.82) is 0 Å². The molecule has 0 bridgehead atoms. The van der Waals surface area contributed by atoms with E-state index in [-0.39, 0.29) is 5.56 Å². The van der Waals surface area contributed by atoms with Gasteiger partial charge in [-0.2, -0.15) is 0 Å². The van der Waals surface area contributed by atoms with Gasteiger partial charge in [-0.05, 0) is 11.6 Å². The number of hydrogen-bond acceptors (Lipinski definition) is 7. The van der Waals surface area contributed by atoms with E-state index in [1.54, 1.807) is 0 Å². The van der Waals surface area contributed by atoms with Crippen LogP contribution in [0.5, 0.6) is 0 Å². The Balaban J connectivity index is 3.06. The molecule has 0 fully saturated rings. The second-order valence-corrected chi connectivity index (χ2v) is 5.86. The van der Waals surface area contributed by atoms with Gasteiger partial charge in [-0.15, -0.1) is 0 Å². The van der Waals surface area contributed by atoms with E-state index in [4.69, 9.17) is 0 Å². The number of benzene rings is 1. The van der Waals surface area contributed by atoms with Gasteiger partial charge in [0.05, 0.1) is 27.8 Å². The van der Waals surface area contributed by atoms with Crippen molar-refractivity contribution >= 4 is 23.8 Å². The van der Waals surface area contributed by atoms with Gasteiger partial charge >= 0.3 is 17.9 Å². The van der Waals surface area contributed by atoms with Crippen LogP contribution in [-0.4, -0.2) is 51.2 Å². The summed E-state index contributed by atoms with van der Waals surface area (Å²) in [5.41, 5.74) is -0.104. The summed E-state index contributed by atoms with van der Waals surface area (Å²) in [6.07, 6.45) is -0.507. The van der Waals surface area contributed by atoms with Gasteiger partial charge in [0.2, 0.25) is 5.91 Å². The Labute approximate surface area is 160 Å². The zero-order chi connectivity index (χ0) is 21.4. The highest BCUT2D eigenvalue weighted by molar-refractivity contribution is 5.96. The molecule has 0 aliphatic carbocycles. The number of carbonyl (C=O) groups is 4. The fourth-order valence-corrected chi connectivity index (χ4v) is 2.57. The molecule has 2 atom stereocenters. The summed E-state index contributed by atoms with van der Waals surface area (Å²) in [5, 5.41) is 2.31. The first-order valence-electron chi connectivity index (χ1n) is 8.13. The maximum atomic E-state index is 13.7. The molecule has 0 spiro atoms. The second-order valence-electron chi connectivity index (χ2n) is 5.86. The Morgan fingerprint density at radius 1 is 0.964 bits per heavy atom. The third-order valence-electron chi connectivity index (χ3n) is 4.10. The number of rotatable bonds is 8. The highest BCUT2D eigenvalue weighted by atomic mass is 19.1. The number of ether oxygens (including phenoxy) is 3. The van der Waals surface area contributed by atoms with Crippen LogP contribution in [0.15, 0.2) is 18.2 Å². The molecule has 8 nitrogen and oxygen atoms in total. The van der Waals surface area contributed by atoms with Gasteiger partial charge in [-0.1, -0.05) is 13.0 Å². The van der Waals surface area contributed by atoms with E-state index >= 15 is 0 Å².